The number of carbonyl (C=O) groups excluding carboxylic acids is 2. The molecule has 164 valence electrons. The predicted molar refractivity (Wildman–Crippen MR) is 122 cm³/mol. The molecule has 1 aromatic heterocycles. The summed E-state index contributed by atoms with van der Waals surface area (Å²) in [6.07, 6.45) is 3.45. The van der Waals surface area contributed by atoms with Crippen LogP contribution in [-0.2, 0) is 11.8 Å². The van der Waals surface area contributed by atoms with Crippen LogP contribution in [-0.4, -0.2) is 39.3 Å². The Balaban J connectivity index is 1.56. The summed E-state index contributed by atoms with van der Waals surface area (Å²) >= 11 is 0. The van der Waals surface area contributed by atoms with Crippen LogP contribution in [0.2, 0.25) is 0 Å². The summed E-state index contributed by atoms with van der Waals surface area (Å²) in [5, 5.41) is 18.0. The van der Waals surface area contributed by atoms with Crippen molar-refractivity contribution >= 4 is 35.4 Å². The van der Waals surface area contributed by atoms with Crippen LogP contribution in [0.3, 0.4) is 0 Å². The van der Waals surface area contributed by atoms with Crippen molar-refractivity contribution in [1.82, 2.24) is 20.1 Å². The number of hydrogen-bond acceptors (Lipinski definition) is 7. The first-order chi connectivity index (χ1) is 15.4. The maximum Gasteiger partial charge on any atom is 0.251 e. The van der Waals surface area contributed by atoms with Gasteiger partial charge in [-0.3, -0.25) is 9.59 Å². The third-order valence-electron chi connectivity index (χ3n) is 5.29. The number of nitrogens with one attached hydrogen (secondary N) is 3. The molecule has 1 fully saturated rings. The molecule has 32 heavy (non-hydrogen) atoms. The van der Waals surface area contributed by atoms with Crippen LogP contribution >= 0.6 is 0 Å². The third-order valence-corrected chi connectivity index (χ3v) is 5.29. The van der Waals surface area contributed by atoms with Crippen molar-refractivity contribution in [2.24, 2.45) is 12.8 Å². The number of nitrogens with zero attached hydrogens (tertiary/aromatic N) is 3. The minimum absolute atomic E-state index is 0.217. The first kappa shape index (κ1) is 21.0. The largest absolute Gasteiger partial charge is 0.398 e. The minimum atomic E-state index is -0.605. The number of nitrogens with two attached hydrogens (primary N) is 2. The monoisotopic (exact) mass is 432 g/mol. The molecule has 2 amide bonds. The van der Waals surface area contributed by atoms with E-state index in [1.54, 1.807) is 42.1 Å². The molecular formula is C22H24N8O2. The van der Waals surface area contributed by atoms with Crippen molar-refractivity contribution < 1.29 is 9.59 Å². The van der Waals surface area contributed by atoms with E-state index in [1.807, 2.05) is 6.07 Å². The normalized spacial score (nSPS) is 12.9. The van der Waals surface area contributed by atoms with Gasteiger partial charge in [0.15, 0.2) is 5.82 Å². The van der Waals surface area contributed by atoms with E-state index in [-0.39, 0.29) is 12.5 Å². The number of benzene rings is 2. The first-order valence-electron chi connectivity index (χ1n) is 10.1. The zero-order valence-corrected chi connectivity index (χ0v) is 17.6. The van der Waals surface area contributed by atoms with E-state index >= 15 is 0 Å². The van der Waals surface area contributed by atoms with Crippen molar-refractivity contribution in [3.63, 3.8) is 0 Å². The van der Waals surface area contributed by atoms with Crippen LogP contribution < -0.4 is 22.1 Å². The van der Waals surface area contributed by atoms with Crippen LogP contribution in [0.15, 0.2) is 36.4 Å². The third kappa shape index (κ3) is 4.29. The van der Waals surface area contributed by atoms with Crippen molar-refractivity contribution in [3.8, 4) is 11.4 Å². The van der Waals surface area contributed by atoms with Crippen molar-refractivity contribution in [3.05, 3.63) is 53.1 Å². The number of anilines is 3. The van der Waals surface area contributed by atoms with Crippen molar-refractivity contribution in [2.45, 2.75) is 18.8 Å². The average Bonchev–Trinajstić information content (AvgIpc) is 3.56. The summed E-state index contributed by atoms with van der Waals surface area (Å²) in [5.41, 5.74) is 15.5. The molecule has 7 N–H and O–H groups in total. The van der Waals surface area contributed by atoms with E-state index in [1.165, 1.54) is 6.21 Å². The molecule has 0 saturated heterocycles. The Morgan fingerprint density at radius 3 is 2.56 bits per heavy atom. The van der Waals surface area contributed by atoms with Gasteiger partial charge in [-0.25, -0.2) is 4.68 Å². The van der Waals surface area contributed by atoms with Gasteiger partial charge in [0, 0.05) is 41.3 Å². The Bertz CT molecular complexity index is 1200. The van der Waals surface area contributed by atoms with Crippen LogP contribution in [0.1, 0.15) is 40.2 Å². The fourth-order valence-corrected chi connectivity index (χ4v) is 3.51. The Morgan fingerprint density at radius 2 is 1.94 bits per heavy atom. The molecule has 10 heteroatoms. The molecule has 1 aliphatic carbocycles. The molecule has 0 unspecified atom stereocenters. The fraction of sp³-hybridized carbons (Fsp3) is 0.227. The summed E-state index contributed by atoms with van der Waals surface area (Å²) in [6.45, 7) is -0.217. The summed E-state index contributed by atoms with van der Waals surface area (Å²) in [4.78, 5) is 27.5. The van der Waals surface area contributed by atoms with Crippen molar-refractivity contribution in [2.75, 3.05) is 17.6 Å². The number of primary amides is 1. The Kier molecular flexibility index (Phi) is 5.59. The van der Waals surface area contributed by atoms with Gasteiger partial charge in [0.05, 0.1) is 6.54 Å². The highest BCUT2D eigenvalue weighted by Gasteiger charge is 2.29. The standard InChI is InChI=1S/C22H24N8O2/c1-30-22(27-17-9-8-16(24)15(10-23)19(17)12-2-3-12)28-20(29-30)13-4-6-14(7-5-13)21(32)26-11-18(25)31/h4-10,12,23H,2-3,11,24H2,1H3,(H2,25,31)(H,26,32)(H,27,28,29). The second-order valence-corrected chi connectivity index (χ2v) is 7.68. The molecule has 0 bridgehead atoms. The molecule has 1 aliphatic rings. The van der Waals surface area contributed by atoms with Gasteiger partial charge in [0.1, 0.15) is 0 Å². The maximum absolute atomic E-state index is 12.0. The van der Waals surface area contributed by atoms with E-state index in [0.717, 1.165) is 35.2 Å². The zero-order chi connectivity index (χ0) is 22.8. The fourth-order valence-electron chi connectivity index (χ4n) is 3.51. The van der Waals surface area contributed by atoms with Gasteiger partial charge in [-0.2, -0.15) is 4.98 Å². The highest BCUT2D eigenvalue weighted by atomic mass is 16.2. The number of aromatic nitrogens is 3. The van der Waals surface area contributed by atoms with E-state index in [0.29, 0.717) is 28.9 Å². The molecule has 3 aromatic rings. The minimum Gasteiger partial charge on any atom is -0.398 e. The van der Waals surface area contributed by atoms with Gasteiger partial charge < -0.3 is 27.5 Å². The number of amides is 2. The molecular weight excluding hydrogens is 408 g/mol. The lowest BCUT2D eigenvalue weighted by Crippen LogP contribution is -2.33. The molecule has 4 rings (SSSR count). The van der Waals surface area contributed by atoms with E-state index in [2.05, 4.69) is 20.7 Å². The second kappa shape index (κ2) is 8.50. The lowest BCUT2D eigenvalue weighted by molar-refractivity contribution is -0.117. The van der Waals surface area contributed by atoms with Crippen LogP contribution in [0.25, 0.3) is 11.4 Å². The Morgan fingerprint density at radius 1 is 1.22 bits per heavy atom. The summed E-state index contributed by atoms with van der Waals surface area (Å²) in [5.74, 6) is 0.440. The summed E-state index contributed by atoms with van der Waals surface area (Å²) in [7, 11) is 1.79. The molecule has 0 atom stereocenters. The van der Waals surface area contributed by atoms with Gasteiger partial charge in [0.2, 0.25) is 11.9 Å². The first-order valence-corrected chi connectivity index (χ1v) is 10.1. The summed E-state index contributed by atoms with van der Waals surface area (Å²) in [6, 6.07) is 10.4. The molecule has 10 nitrogen and oxygen atoms in total. The Labute approximate surface area is 184 Å². The summed E-state index contributed by atoms with van der Waals surface area (Å²) < 4.78 is 1.64. The van der Waals surface area contributed by atoms with Gasteiger partial charge in [-0.1, -0.05) is 12.1 Å². The van der Waals surface area contributed by atoms with Gasteiger partial charge in [-0.15, -0.1) is 5.10 Å². The number of rotatable bonds is 8. The Hall–Kier alpha value is -4.21. The van der Waals surface area contributed by atoms with E-state index in [4.69, 9.17) is 16.9 Å². The average molecular weight is 432 g/mol. The smallest absolute Gasteiger partial charge is 0.251 e. The van der Waals surface area contributed by atoms with Gasteiger partial charge >= 0.3 is 0 Å². The molecule has 0 spiro atoms. The quantitative estimate of drug-likeness (QED) is 0.269. The van der Waals surface area contributed by atoms with Crippen LogP contribution in [0.4, 0.5) is 17.3 Å². The van der Waals surface area contributed by atoms with E-state index < -0.39 is 5.91 Å². The number of aryl methyl sites for hydroxylation is 1. The molecule has 0 radical (unpaired) electrons. The molecule has 2 aromatic carbocycles. The highest BCUT2D eigenvalue weighted by molar-refractivity contribution is 5.96. The highest BCUT2D eigenvalue weighted by Crippen LogP contribution is 2.46. The van der Waals surface area contributed by atoms with Crippen molar-refractivity contribution in [1.29, 1.82) is 5.41 Å². The number of carbonyl (C=O) groups is 2. The van der Waals surface area contributed by atoms with Crippen LogP contribution in [0, 0.1) is 5.41 Å². The lowest BCUT2D eigenvalue weighted by Gasteiger charge is -2.15. The van der Waals surface area contributed by atoms with Gasteiger partial charge in [-0.05, 0) is 48.6 Å². The zero-order valence-electron chi connectivity index (χ0n) is 17.6. The molecule has 1 heterocycles. The predicted octanol–water partition coefficient (Wildman–Crippen LogP) is 1.90. The lowest BCUT2D eigenvalue weighted by atomic mass is 10.00. The second-order valence-electron chi connectivity index (χ2n) is 7.68. The number of nitrogen functional groups attached to an aromatic ring is 1. The van der Waals surface area contributed by atoms with Crippen LogP contribution in [0.5, 0.6) is 0 Å². The molecule has 0 aliphatic heterocycles. The van der Waals surface area contributed by atoms with Gasteiger partial charge in [0.25, 0.3) is 5.91 Å². The topological polar surface area (TPSA) is 165 Å². The SMILES string of the molecule is Cn1nc(-c2ccc(C(=O)NCC(N)=O)cc2)nc1Nc1ccc(N)c(C=N)c1C1CC1. The molecule has 1 saturated carbocycles. The van der Waals surface area contributed by atoms with E-state index in [9.17, 15) is 9.59 Å². The number of hydrogen-bond donors (Lipinski definition) is 5. The maximum atomic E-state index is 12.0.